The molecule has 2 aromatic heterocycles. The van der Waals surface area contributed by atoms with E-state index < -0.39 is 24.5 Å². The minimum atomic E-state index is -1.15. The standard InChI is InChI=1S/C28H41N7O4/c1-17(2)34(13-7-6-8-21(36)33-19-11-9-18(10-12-19)28(3,4)5)14-20-23(37)24(38)27(39-20)35-16-32-22-25(29)30-15-31-26(22)35/h9-12,15-17,20,23-24,27,37-38H,6-8,13-14H2,1-5H3,(H,33,36)(H2,29,30,31)/t20-,23+,24-,27-/m1/s1. The maximum atomic E-state index is 12.5. The number of carbonyl (C=O) groups excluding carboxylic acids is 1. The molecule has 5 N–H and O–H groups in total. The average Bonchev–Trinajstić information content (AvgIpc) is 3.42. The summed E-state index contributed by atoms with van der Waals surface area (Å²) in [6.45, 7) is 11.8. The molecular formula is C28H41N7O4. The number of nitrogens with one attached hydrogen (secondary N) is 1. The van der Waals surface area contributed by atoms with Gasteiger partial charge >= 0.3 is 0 Å². The summed E-state index contributed by atoms with van der Waals surface area (Å²) in [5.41, 5.74) is 8.83. The van der Waals surface area contributed by atoms with Gasteiger partial charge in [0.25, 0.3) is 0 Å². The molecule has 0 saturated carbocycles. The maximum absolute atomic E-state index is 12.5. The van der Waals surface area contributed by atoms with Gasteiger partial charge in [0.05, 0.1) is 6.33 Å². The van der Waals surface area contributed by atoms with Gasteiger partial charge in [-0.1, -0.05) is 32.9 Å². The van der Waals surface area contributed by atoms with Crippen LogP contribution in [-0.4, -0.2) is 78.0 Å². The molecule has 0 aliphatic carbocycles. The second-order valence-electron chi connectivity index (χ2n) is 11.6. The molecule has 1 saturated heterocycles. The third kappa shape index (κ3) is 6.73. The predicted octanol–water partition coefficient (Wildman–Crippen LogP) is 2.84. The zero-order valence-electron chi connectivity index (χ0n) is 23.4. The lowest BCUT2D eigenvalue weighted by Crippen LogP contribution is -2.43. The van der Waals surface area contributed by atoms with Crippen molar-refractivity contribution in [1.29, 1.82) is 0 Å². The van der Waals surface area contributed by atoms with Crippen molar-refractivity contribution in [2.24, 2.45) is 0 Å². The van der Waals surface area contributed by atoms with Crippen LogP contribution in [0.2, 0.25) is 0 Å². The molecule has 0 spiro atoms. The summed E-state index contributed by atoms with van der Waals surface area (Å²) < 4.78 is 7.69. The van der Waals surface area contributed by atoms with E-state index >= 15 is 0 Å². The predicted molar refractivity (Wildman–Crippen MR) is 150 cm³/mol. The molecular weight excluding hydrogens is 498 g/mol. The minimum Gasteiger partial charge on any atom is -0.387 e. The molecule has 1 amide bonds. The molecule has 4 rings (SSSR count). The van der Waals surface area contributed by atoms with Crippen LogP contribution >= 0.6 is 0 Å². The first kappa shape index (κ1) is 28.9. The highest BCUT2D eigenvalue weighted by Gasteiger charge is 2.45. The Kier molecular flexibility index (Phi) is 8.85. The van der Waals surface area contributed by atoms with Gasteiger partial charge in [-0.3, -0.25) is 14.3 Å². The third-order valence-electron chi connectivity index (χ3n) is 7.28. The number of carbonyl (C=O) groups is 1. The number of fused-ring (bicyclic) bond motifs is 1. The van der Waals surface area contributed by atoms with Gasteiger partial charge in [0.2, 0.25) is 5.91 Å². The molecule has 1 aliphatic rings. The number of benzene rings is 1. The normalized spacial score (nSPS) is 21.8. The van der Waals surface area contributed by atoms with E-state index in [1.54, 1.807) is 4.57 Å². The summed E-state index contributed by atoms with van der Waals surface area (Å²) in [6, 6.07) is 8.18. The second-order valence-corrected chi connectivity index (χ2v) is 11.6. The second kappa shape index (κ2) is 12.0. The molecule has 11 heteroatoms. The number of amides is 1. The van der Waals surface area contributed by atoms with Crippen molar-refractivity contribution in [2.75, 3.05) is 24.1 Å². The number of rotatable bonds is 10. The number of nitrogens with two attached hydrogens (primary N) is 1. The first-order chi connectivity index (χ1) is 18.5. The fourth-order valence-electron chi connectivity index (χ4n) is 4.84. The topological polar surface area (TPSA) is 152 Å². The van der Waals surface area contributed by atoms with Crippen molar-refractivity contribution in [2.45, 2.75) is 89.9 Å². The van der Waals surface area contributed by atoms with Crippen LogP contribution in [0.3, 0.4) is 0 Å². The lowest BCUT2D eigenvalue weighted by Gasteiger charge is -2.30. The molecule has 39 heavy (non-hydrogen) atoms. The molecule has 0 unspecified atom stereocenters. The SMILES string of the molecule is CC(C)N(CCCCC(=O)Nc1ccc(C(C)(C)C)cc1)C[C@H]1O[C@@H](n2cnc3c(N)ncnc32)[C@H](O)[C@H]1O. The summed E-state index contributed by atoms with van der Waals surface area (Å²) in [6.07, 6.45) is 1.10. The summed E-state index contributed by atoms with van der Waals surface area (Å²) in [7, 11) is 0. The zero-order chi connectivity index (χ0) is 28.3. The molecule has 0 bridgehead atoms. The van der Waals surface area contributed by atoms with E-state index in [9.17, 15) is 15.0 Å². The molecule has 3 heterocycles. The number of aromatic nitrogens is 4. The first-order valence-corrected chi connectivity index (χ1v) is 13.5. The quantitative estimate of drug-likeness (QED) is 0.285. The van der Waals surface area contributed by atoms with Crippen molar-refractivity contribution in [3.8, 4) is 0 Å². The number of hydrogen-bond donors (Lipinski definition) is 4. The lowest BCUT2D eigenvalue weighted by molar-refractivity contribution is -0.116. The van der Waals surface area contributed by atoms with Gasteiger partial charge in [-0.2, -0.15) is 0 Å². The van der Waals surface area contributed by atoms with E-state index in [0.717, 1.165) is 25.1 Å². The number of imidazole rings is 1. The number of nitrogen functional groups attached to an aromatic ring is 1. The molecule has 1 aromatic carbocycles. The molecule has 1 aliphatic heterocycles. The average molecular weight is 540 g/mol. The number of nitrogens with zero attached hydrogens (tertiary/aromatic N) is 5. The van der Waals surface area contributed by atoms with E-state index in [0.29, 0.717) is 24.1 Å². The summed E-state index contributed by atoms with van der Waals surface area (Å²) >= 11 is 0. The van der Waals surface area contributed by atoms with E-state index in [4.69, 9.17) is 10.5 Å². The van der Waals surface area contributed by atoms with Crippen LogP contribution in [0.5, 0.6) is 0 Å². The number of hydrogen-bond acceptors (Lipinski definition) is 9. The van der Waals surface area contributed by atoms with Crippen LogP contribution < -0.4 is 11.1 Å². The zero-order valence-corrected chi connectivity index (χ0v) is 23.4. The Bertz CT molecular complexity index is 1260. The Hall–Kier alpha value is -3.12. The van der Waals surface area contributed by atoms with Gasteiger partial charge in [0, 0.05) is 24.7 Å². The van der Waals surface area contributed by atoms with Crippen molar-refractivity contribution >= 4 is 28.6 Å². The van der Waals surface area contributed by atoms with Gasteiger partial charge in [0.1, 0.15) is 30.2 Å². The minimum absolute atomic E-state index is 0.00729. The van der Waals surface area contributed by atoms with Crippen molar-refractivity contribution < 1.29 is 19.7 Å². The van der Waals surface area contributed by atoms with Gasteiger partial charge in [-0.25, -0.2) is 15.0 Å². The maximum Gasteiger partial charge on any atom is 0.224 e. The lowest BCUT2D eigenvalue weighted by atomic mass is 9.87. The Labute approximate surface area is 229 Å². The molecule has 4 atom stereocenters. The largest absolute Gasteiger partial charge is 0.387 e. The molecule has 0 radical (unpaired) electrons. The van der Waals surface area contributed by atoms with Crippen LogP contribution in [0, 0.1) is 0 Å². The van der Waals surface area contributed by atoms with Crippen molar-refractivity contribution in [1.82, 2.24) is 24.4 Å². The Morgan fingerprint density at radius 2 is 1.85 bits per heavy atom. The Morgan fingerprint density at radius 3 is 2.51 bits per heavy atom. The smallest absolute Gasteiger partial charge is 0.224 e. The molecule has 3 aromatic rings. The van der Waals surface area contributed by atoms with Gasteiger partial charge in [-0.15, -0.1) is 0 Å². The number of aliphatic hydroxyl groups excluding tert-OH is 2. The van der Waals surface area contributed by atoms with Crippen molar-refractivity contribution in [3.63, 3.8) is 0 Å². The van der Waals surface area contributed by atoms with E-state index in [1.165, 1.54) is 18.2 Å². The van der Waals surface area contributed by atoms with E-state index in [2.05, 4.69) is 71.9 Å². The van der Waals surface area contributed by atoms with Gasteiger partial charge in [-0.05, 0) is 56.3 Å². The van der Waals surface area contributed by atoms with E-state index in [1.807, 2.05) is 12.1 Å². The number of aliphatic hydroxyl groups is 2. The van der Waals surface area contributed by atoms with Crippen LogP contribution in [-0.2, 0) is 14.9 Å². The van der Waals surface area contributed by atoms with Gasteiger partial charge in [0.15, 0.2) is 17.7 Å². The van der Waals surface area contributed by atoms with Crippen LogP contribution in [0.15, 0.2) is 36.9 Å². The monoisotopic (exact) mass is 539 g/mol. The Morgan fingerprint density at radius 1 is 1.13 bits per heavy atom. The summed E-state index contributed by atoms with van der Waals surface area (Å²) in [5.74, 6) is 0.230. The van der Waals surface area contributed by atoms with Crippen LogP contribution in [0.4, 0.5) is 11.5 Å². The summed E-state index contributed by atoms with van der Waals surface area (Å²) in [4.78, 5) is 27.1. The Balaban J connectivity index is 1.27. The fourth-order valence-corrected chi connectivity index (χ4v) is 4.84. The highest BCUT2D eigenvalue weighted by Crippen LogP contribution is 2.32. The number of ether oxygens (including phenoxy) is 1. The van der Waals surface area contributed by atoms with E-state index in [-0.39, 0.29) is 23.2 Å². The first-order valence-electron chi connectivity index (χ1n) is 13.5. The summed E-state index contributed by atoms with van der Waals surface area (Å²) in [5, 5.41) is 24.5. The molecule has 212 valence electrons. The van der Waals surface area contributed by atoms with Gasteiger partial charge < -0.3 is 26.0 Å². The molecule has 1 fully saturated rings. The van der Waals surface area contributed by atoms with Crippen LogP contribution in [0.25, 0.3) is 11.2 Å². The highest BCUT2D eigenvalue weighted by atomic mass is 16.6. The number of anilines is 2. The fraction of sp³-hybridized carbons (Fsp3) is 0.571. The van der Waals surface area contributed by atoms with Crippen molar-refractivity contribution in [3.05, 3.63) is 42.5 Å². The van der Waals surface area contributed by atoms with Crippen LogP contribution in [0.1, 0.15) is 65.7 Å². The third-order valence-corrected chi connectivity index (χ3v) is 7.28. The molecule has 11 nitrogen and oxygen atoms in total. The number of unbranched alkanes of at least 4 members (excludes halogenated alkanes) is 1. The highest BCUT2D eigenvalue weighted by molar-refractivity contribution is 5.90.